The lowest BCUT2D eigenvalue weighted by Gasteiger charge is -2.21. The summed E-state index contributed by atoms with van der Waals surface area (Å²) in [7, 11) is -3.46. The summed E-state index contributed by atoms with van der Waals surface area (Å²) in [6, 6.07) is 5.62. The molecular weight excluding hydrogens is 274 g/mol. The van der Waals surface area contributed by atoms with Crippen LogP contribution in [0.3, 0.4) is 0 Å². The van der Waals surface area contributed by atoms with Crippen molar-refractivity contribution in [3.05, 3.63) is 29.3 Å². The SMILES string of the molecule is Cc1ccc(CN)cc1NS(=O)(=O)N1CCCCCC1. The van der Waals surface area contributed by atoms with Gasteiger partial charge in [-0.05, 0) is 37.0 Å². The summed E-state index contributed by atoms with van der Waals surface area (Å²) in [4.78, 5) is 0. The Morgan fingerprint density at radius 2 is 1.85 bits per heavy atom. The predicted octanol–water partition coefficient (Wildman–Crippen LogP) is 1.99. The van der Waals surface area contributed by atoms with E-state index in [1.807, 2.05) is 25.1 Å². The van der Waals surface area contributed by atoms with Crippen LogP contribution in [0.15, 0.2) is 18.2 Å². The highest BCUT2D eigenvalue weighted by atomic mass is 32.2. The third kappa shape index (κ3) is 3.71. The Balaban J connectivity index is 2.18. The normalized spacial score (nSPS) is 17.7. The number of aryl methyl sites for hydroxylation is 1. The smallest absolute Gasteiger partial charge is 0.301 e. The fourth-order valence-corrected chi connectivity index (χ4v) is 3.76. The van der Waals surface area contributed by atoms with Gasteiger partial charge in [-0.1, -0.05) is 25.0 Å². The van der Waals surface area contributed by atoms with Crippen molar-refractivity contribution >= 4 is 15.9 Å². The van der Waals surface area contributed by atoms with Crippen molar-refractivity contribution < 1.29 is 8.42 Å². The van der Waals surface area contributed by atoms with Crippen LogP contribution in [-0.4, -0.2) is 25.8 Å². The number of benzene rings is 1. The minimum atomic E-state index is -3.46. The molecule has 0 spiro atoms. The van der Waals surface area contributed by atoms with Crippen molar-refractivity contribution in [3.63, 3.8) is 0 Å². The molecule has 0 saturated carbocycles. The van der Waals surface area contributed by atoms with Crippen LogP contribution in [0.4, 0.5) is 5.69 Å². The molecule has 1 fully saturated rings. The van der Waals surface area contributed by atoms with E-state index in [9.17, 15) is 8.42 Å². The molecule has 6 heteroatoms. The van der Waals surface area contributed by atoms with Gasteiger partial charge in [0.15, 0.2) is 0 Å². The second-order valence-electron chi connectivity index (χ2n) is 5.27. The Morgan fingerprint density at radius 1 is 1.20 bits per heavy atom. The zero-order valence-corrected chi connectivity index (χ0v) is 12.7. The molecule has 3 N–H and O–H groups in total. The highest BCUT2D eigenvalue weighted by Crippen LogP contribution is 2.21. The predicted molar refractivity (Wildman–Crippen MR) is 81.7 cm³/mol. The summed E-state index contributed by atoms with van der Waals surface area (Å²) in [6.07, 6.45) is 4.08. The zero-order chi connectivity index (χ0) is 14.6. The van der Waals surface area contributed by atoms with Crippen molar-refractivity contribution in [1.82, 2.24) is 4.31 Å². The topological polar surface area (TPSA) is 75.4 Å². The van der Waals surface area contributed by atoms with Crippen LogP contribution >= 0.6 is 0 Å². The molecule has 5 nitrogen and oxygen atoms in total. The van der Waals surface area contributed by atoms with Crippen LogP contribution in [0, 0.1) is 6.92 Å². The van der Waals surface area contributed by atoms with Crippen molar-refractivity contribution in [1.29, 1.82) is 0 Å². The van der Waals surface area contributed by atoms with Gasteiger partial charge < -0.3 is 5.73 Å². The van der Waals surface area contributed by atoms with E-state index in [1.165, 1.54) is 0 Å². The summed E-state index contributed by atoms with van der Waals surface area (Å²) in [5, 5.41) is 0. The summed E-state index contributed by atoms with van der Waals surface area (Å²) in [5.41, 5.74) is 8.05. The van der Waals surface area contributed by atoms with Crippen LogP contribution in [0.1, 0.15) is 36.8 Å². The lowest BCUT2D eigenvalue weighted by molar-refractivity contribution is 0.427. The van der Waals surface area contributed by atoms with E-state index in [4.69, 9.17) is 5.73 Å². The molecule has 0 atom stereocenters. The first-order chi connectivity index (χ1) is 9.53. The molecule has 0 radical (unpaired) electrons. The van der Waals surface area contributed by atoms with Gasteiger partial charge in [0, 0.05) is 19.6 Å². The number of hydrogen-bond donors (Lipinski definition) is 2. The van der Waals surface area contributed by atoms with Gasteiger partial charge in [0.2, 0.25) is 0 Å². The quantitative estimate of drug-likeness (QED) is 0.892. The largest absolute Gasteiger partial charge is 0.326 e. The van der Waals surface area contributed by atoms with Gasteiger partial charge in [-0.15, -0.1) is 0 Å². The first-order valence-corrected chi connectivity index (χ1v) is 8.54. The second-order valence-corrected chi connectivity index (χ2v) is 6.94. The van der Waals surface area contributed by atoms with Gasteiger partial charge in [-0.25, -0.2) is 0 Å². The standard InChI is InChI=1S/C14H23N3O2S/c1-12-6-7-13(11-15)10-14(12)16-20(18,19)17-8-4-2-3-5-9-17/h6-7,10,16H,2-5,8-9,11,15H2,1H3. The Labute approximate surface area is 121 Å². The van der Waals surface area contributed by atoms with E-state index in [1.54, 1.807) is 4.31 Å². The molecule has 0 aromatic heterocycles. The Bertz CT molecular complexity index is 550. The van der Waals surface area contributed by atoms with Crippen LogP contribution in [0.5, 0.6) is 0 Å². The Kier molecular flexibility index (Phi) is 5.01. The number of rotatable bonds is 4. The number of nitrogens with zero attached hydrogens (tertiary/aromatic N) is 1. The average molecular weight is 297 g/mol. The van der Waals surface area contributed by atoms with Gasteiger partial charge in [-0.3, -0.25) is 4.72 Å². The van der Waals surface area contributed by atoms with Gasteiger partial charge in [0.25, 0.3) is 0 Å². The molecule has 2 rings (SSSR count). The lowest BCUT2D eigenvalue weighted by Crippen LogP contribution is -2.36. The molecule has 20 heavy (non-hydrogen) atoms. The van der Waals surface area contributed by atoms with E-state index in [0.29, 0.717) is 25.3 Å². The number of hydrogen-bond acceptors (Lipinski definition) is 3. The molecule has 1 saturated heterocycles. The Morgan fingerprint density at radius 3 is 2.45 bits per heavy atom. The summed E-state index contributed by atoms with van der Waals surface area (Å²) in [5.74, 6) is 0. The molecule has 0 unspecified atom stereocenters. The number of anilines is 1. The molecule has 1 heterocycles. The van der Waals surface area contributed by atoms with Crippen molar-refractivity contribution in [2.45, 2.75) is 39.2 Å². The van der Waals surface area contributed by atoms with Crippen LogP contribution in [0.25, 0.3) is 0 Å². The average Bonchev–Trinajstić information content (AvgIpc) is 2.70. The molecule has 1 aromatic carbocycles. The van der Waals surface area contributed by atoms with Gasteiger partial charge in [0.05, 0.1) is 5.69 Å². The van der Waals surface area contributed by atoms with Crippen LogP contribution in [-0.2, 0) is 16.8 Å². The molecular formula is C14H23N3O2S. The van der Waals surface area contributed by atoms with Gasteiger partial charge in [0.1, 0.15) is 0 Å². The third-order valence-corrected chi connectivity index (χ3v) is 5.20. The molecule has 1 aliphatic rings. The zero-order valence-electron chi connectivity index (χ0n) is 11.9. The maximum Gasteiger partial charge on any atom is 0.301 e. The molecule has 1 aromatic rings. The second kappa shape index (κ2) is 6.56. The van der Waals surface area contributed by atoms with Gasteiger partial charge in [-0.2, -0.15) is 12.7 Å². The lowest BCUT2D eigenvalue weighted by atomic mass is 10.1. The van der Waals surface area contributed by atoms with Crippen molar-refractivity contribution in [2.24, 2.45) is 5.73 Å². The summed E-state index contributed by atoms with van der Waals surface area (Å²) < 4.78 is 29.1. The highest BCUT2D eigenvalue weighted by molar-refractivity contribution is 7.90. The van der Waals surface area contributed by atoms with Crippen molar-refractivity contribution in [2.75, 3.05) is 17.8 Å². The Hall–Kier alpha value is -1.11. The van der Waals surface area contributed by atoms with E-state index in [0.717, 1.165) is 36.8 Å². The first-order valence-electron chi connectivity index (χ1n) is 7.10. The molecule has 1 aliphatic heterocycles. The van der Waals surface area contributed by atoms with E-state index >= 15 is 0 Å². The van der Waals surface area contributed by atoms with Crippen molar-refractivity contribution in [3.8, 4) is 0 Å². The summed E-state index contributed by atoms with van der Waals surface area (Å²) >= 11 is 0. The van der Waals surface area contributed by atoms with E-state index < -0.39 is 10.2 Å². The summed E-state index contributed by atoms with van der Waals surface area (Å²) in [6.45, 7) is 3.50. The van der Waals surface area contributed by atoms with Crippen LogP contribution in [0.2, 0.25) is 0 Å². The molecule has 0 amide bonds. The molecule has 112 valence electrons. The maximum absolute atomic E-state index is 12.4. The van der Waals surface area contributed by atoms with Gasteiger partial charge >= 0.3 is 10.2 Å². The monoisotopic (exact) mass is 297 g/mol. The first kappa shape index (κ1) is 15.3. The van der Waals surface area contributed by atoms with Crippen LogP contribution < -0.4 is 10.5 Å². The van der Waals surface area contributed by atoms with E-state index in [2.05, 4.69) is 4.72 Å². The third-order valence-electron chi connectivity index (χ3n) is 3.68. The number of nitrogens with two attached hydrogens (primary N) is 1. The highest BCUT2D eigenvalue weighted by Gasteiger charge is 2.23. The fourth-order valence-electron chi connectivity index (χ4n) is 2.39. The maximum atomic E-state index is 12.4. The minimum absolute atomic E-state index is 0.402. The number of nitrogens with one attached hydrogen (secondary N) is 1. The fraction of sp³-hybridized carbons (Fsp3) is 0.571. The molecule has 0 aliphatic carbocycles. The van der Waals surface area contributed by atoms with E-state index in [-0.39, 0.29) is 0 Å². The molecule has 0 bridgehead atoms. The minimum Gasteiger partial charge on any atom is -0.326 e.